The van der Waals surface area contributed by atoms with Crippen LogP contribution >= 0.6 is 12.4 Å². The highest BCUT2D eigenvalue weighted by atomic mass is 35.5. The minimum atomic E-state index is -0.599. The van der Waals surface area contributed by atoms with Gasteiger partial charge in [0.05, 0.1) is 26.5 Å². The Morgan fingerprint density at radius 3 is 2.67 bits per heavy atom. The van der Waals surface area contributed by atoms with Gasteiger partial charge in [0.1, 0.15) is 11.9 Å². The summed E-state index contributed by atoms with van der Waals surface area (Å²) in [7, 11) is 2.79. The summed E-state index contributed by atoms with van der Waals surface area (Å²) in [6.07, 6.45) is -0.599. The molecule has 6 nitrogen and oxygen atoms in total. The number of morpholine rings is 1. The smallest absolute Gasteiger partial charge is 0.254 e. The molecule has 118 valence electrons. The molecule has 1 amide bonds. The Bertz CT molecular complexity index is 495. The van der Waals surface area contributed by atoms with Gasteiger partial charge in [-0.15, -0.1) is 12.4 Å². The van der Waals surface area contributed by atoms with Crippen LogP contribution in [0, 0.1) is 5.82 Å². The molecule has 2 N–H and O–H groups in total. The zero-order chi connectivity index (χ0) is 14.5. The standard InChI is InChI=1S/C13H17FN2O4.ClH/c1-18-10-6-11(19-2)9(5-8(10)14)16-13(17)12-7-15-3-4-20-12;/h5-6,12,15H,3-4,7H2,1-2H3,(H,16,17);1H. The minimum Gasteiger partial charge on any atom is -0.494 e. The van der Waals surface area contributed by atoms with Gasteiger partial charge in [-0.1, -0.05) is 0 Å². The molecule has 1 aromatic carbocycles. The molecule has 2 rings (SSSR count). The summed E-state index contributed by atoms with van der Waals surface area (Å²) in [6, 6.07) is 2.54. The fraction of sp³-hybridized carbons (Fsp3) is 0.462. The van der Waals surface area contributed by atoms with E-state index in [-0.39, 0.29) is 29.8 Å². The quantitative estimate of drug-likeness (QED) is 0.872. The molecular formula is C13H18ClFN2O4. The van der Waals surface area contributed by atoms with Crippen LogP contribution in [0.15, 0.2) is 12.1 Å². The van der Waals surface area contributed by atoms with Crippen molar-refractivity contribution in [1.29, 1.82) is 0 Å². The summed E-state index contributed by atoms with van der Waals surface area (Å²) in [5.41, 5.74) is 0.241. The van der Waals surface area contributed by atoms with Crippen molar-refractivity contribution in [2.75, 3.05) is 39.2 Å². The number of hydrogen-bond acceptors (Lipinski definition) is 5. The summed E-state index contributed by atoms with van der Waals surface area (Å²) in [5.74, 6) is -0.554. The van der Waals surface area contributed by atoms with Crippen LogP contribution in [-0.4, -0.2) is 45.9 Å². The molecule has 0 saturated carbocycles. The maximum atomic E-state index is 13.7. The monoisotopic (exact) mass is 320 g/mol. The number of carbonyl (C=O) groups excluding carboxylic acids is 1. The molecule has 0 spiro atoms. The zero-order valence-corrected chi connectivity index (χ0v) is 12.6. The maximum Gasteiger partial charge on any atom is 0.254 e. The minimum absolute atomic E-state index is 0. The Hall–Kier alpha value is -1.57. The lowest BCUT2D eigenvalue weighted by Gasteiger charge is -2.23. The van der Waals surface area contributed by atoms with Gasteiger partial charge in [-0.3, -0.25) is 4.79 Å². The van der Waals surface area contributed by atoms with Crippen molar-refractivity contribution in [1.82, 2.24) is 5.32 Å². The predicted octanol–water partition coefficient (Wildman–Crippen LogP) is 1.19. The molecule has 0 bridgehead atoms. The predicted molar refractivity (Wildman–Crippen MR) is 78.0 cm³/mol. The van der Waals surface area contributed by atoms with Gasteiger partial charge in [0.15, 0.2) is 11.6 Å². The summed E-state index contributed by atoms with van der Waals surface area (Å²) < 4.78 is 29.0. The average molecular weight is 321 g/mol. The molecule has 0 radical (unpaired) electrons. The number of methoxy groups -OCH3 is 2. The first kappa shape index (κ1) is 17.5. The van der Waals surface area contributed by atoms with Crippen molar-refractivity contribution in [3.8, 4) is 11.5 Å². The molecule has 0 aliphatic carbocycles. The molecule has 1 saturated heterocycles. The Morgan fingerprint density at radius 2 is 2.10 bits per heavy atom. The highest BCUT2D eigenvalue weighted by molar-refractivity contribution is 5.95. The third-order valence-electron chi connectivity index (χ3n) is 2.95. The first-order valence-corrected chi connectivity index (χ1v) is 6.20. The van der Waals surface area contributed by atoms with Crippen molar-refractivity contribution in [3.63, 3.8) is 0 Å². The summed E-state index contributed by atoms with van der Waals surface area (Å²) in [5, 5.41) is 5.65. The van der Waals surface area contributed by atoms with Crippen LogP contribution in [0.3, 0.4) is 0 Å². The van der Waals surface area contributed by atoms with Crippen molar-refractivity contribution in [3.05, 3.63) is 17.9 Å². The van der Waals surface area contributed by atoms with E-state index in [2.05, 4.69) is 10.6 Å². The van der Waals surface area contributed by atoms with Gasteiger partial charge in [-0.05, 0) is 0 Å². The number of anilines is 1. The lowest BCUT2D eigenvalue weighted by atomic mass is 10.2. The van der Waals surface area contributed by atoms with Crippen LogP contribution in [0.4, 0.5) is 10.1 Å². The molecule has 1 aliphatic heterocycles. The number of hydrogen-bond donors (Lipinski definition) is 2. The van der Waals surface area contributed by atoms with Gasteiger partial charge in [-0.2, -0.15) is 0 Å². The topological polar surface area (TPSA) is 68.8 Å². The first-order valence-electron chi connectivity index (χ1n) is 6.20. The summed E-state index contributed by atoms with van der Waals surface area (Å²) in [4.78, 5) is 12.0. The number of amides is 1. The van der Waals surface area contributed by atoms with Gasteiger partial charge < -0.3 is 24.8 Å². The molecule has 1 aliphatic rings. The van der Waals surface area contributed by atoms with Gasteiger partial charge in [0, 0.05) is 25.2 Å². The number of carbonyl (C=O) groups is 1. The molecule has 1 aromatic rings. The van der Waals surface area contributed by atoms with Crippen molar-refractivity contribution >= 4 is 24.0 Å². The lowest BCUT2D eigenvalue weighted by molar-refractivity contribution is -0.128. The van der Waals surface area contributed by atoms with Crippen LogP contribution in [-0.2, 0) is 9.53 Å². The summed E-state index contributed by atoms with van der Waals surface area (Å²) >= 11 is 0. The Labute approximate surface area is 128 Å². The largest absolute Gasteiger partial charge is 0.494 e. The Kier molecular flexibility index (Phi) is 6.67. The third kappa shape index (κ3) is 4.20. The van der Waals surface area contributed by atoms with Crippen LogP contribution < -0.4 is 20.1 Å². The van der Waals surface area contributed by atoms with Crippen molar-refractivity contribution in [2.45, 2.75) is 6.10 Å². The van der Waals surface area contributed by atoms with E-state index in [9.17, 15) is 9.18 Å². The zero-order valence-electron chi connectivity index (χ0n) is 11.8. The van der Waals surface area contributed by atoms with E-state index >= 15 is 0 Å². The van der Waals surface area contributed by atoms with Crippen LogP contribution in [0.25, 0.3) is 0 Å². The second-order valence-corrected chi connectivity index (χ2v) is 4.24. The van der Waals surface area contributed by atoms with E-state index in [1.807, 2.05) is 0 Å². The van der Waals surface area contributed by atoms with Crippen molar-refractivity contribution < 1.29 is 23.4 Å². The molecule has 1 fully saturated rings. The normalized spacial score (nSPS) is 17.6. The number of nitrogens with one attached hydrogen (secondary N) is 2. The van der Waals surface area contributed by atoms with E-state index < -0.39 is 11.9 Å². The molecular weight excluding hydrogens is 303 g/mol. The SMILES string of the molecule is COc1cc(OC)c(NC(=O)C2CNCCO2)cc1F.Cl. The second-order valence-electron chi connectivity index (χ2n) is 4.24. The number of ether oxygens (including phenoxy) is 3. The molecule has 0 aromatic heterocycles. The van der Waals surface area contributed by atoms with Gasteiger partial charge in [-0.25, -0.2) is 4.39 Å². The number of halogens is 2. The molecule has 1 atom stereocenters. The van der Waals surface area contributed by atoms with E-state index in [0.29, 0.717) is 25.4 Å². The highest BCUT2D eigenvalue weighted by Gasteiger charge is 2.23. The Morgan fingerprint density at radius 1 is 1.38 bits per heavy atom. The van der Waals surface area contributed by atoms with E-state index in [0.717, 1.165) is 6.07 Å². The lowest BCUT2D eigenvalue weighted by Crippen LogP contribution is -2.45. The first-order chi connectivity index (χ1) is 9.65. The van der Waals surface area contributed by atoms with E-state index in [4.69, 9.17) is 14.2 Å². The van der Waals surface area contributed by atoms with Crippen LogP contribution in [0.2, 0.25) is 0 Å². The molecule has 21 heavy (non-hydrogen) atoms. The number of rotatable bonds is 4. The summed E-state index contributed by atoms with van der Waals surface area (Å²) in [6.45, 7) is 1.60. The highest BCUT2D eigenvalue weighted by Crippen LogP contribution is 2.32. The molecule has 8 heteroatoms. The van der Waals surface area contributed by atoms with Gasteiger partial charge in [0.2, 0.25) is 0 Å². The van der Waals surface area contributed by atoms with Crippen LogP contribution in [0.5, 0.6) is 11.5 Å². The molecule has 1 heterocycles. The maximum absolute atomic E-state index is 13.7. The third-order valence-corrected chi connectivity index (χ3v) is 2.95. The fourth-order valence-electron chi connectivity index (χ4n) is 1.90. The second kappa shape index (κ2) is 8.02. The van der Waals surface area contributed by atoms with E-state index in [1.165, 1.54) is 20.3 Å². The average Bonchev–Trinajstić information content (AvgIpc) is 2.48. The van der Waals surface area contributed by atoms with Gasteiger partial charge >= 0.3 is 0 Å². The Balaban J connectivity index is 0.00000220. The molecule has 1 unspecified atom stereocenters. The van der Waals surface area contributed by atoms with Crippen molar-refractivity contribution in [2.24, 2.45) is 0 Å². The van der Waals surface area contributed by atoms with E-state index in [1.54, 1.807) is 0 Å². The van der Waals surface area contributed by atoms with Crippen LogP contribution in [0.1, 0.15) is 0 Å². The fourth-order valence-corrected chi connectivity index (χ4v) is 1.90. The van der Waals surface area contributed by atoms with Gasteiger partial charge in [0.25, 0.3) is 5.91 Å². The number of benzene rings is 1.